The van der Waals surface area contributed by atoms with Gasteiger partial charge >= 0.3 is 0 Å². The summed E-state index contributed by atoms with van der Waals surface area (Å²) in [5, 5.41) is 0. The lowest BCUT2D eigenvalue weighted by atomic mass is 9.65. The van der Waals surface area contributed by atoms with Gasteiger partial charge in [-0.3, -0.25) is 0 Å². The molecule has 0 saturated heterocycles. The van der Waals surface area contributed by atoms with E-state index in [1.807, 2.05) is 0 Å². The SMILES string of the molecule is CC(C)/C=C\C(C)OCC1CCC(C2CCC(C3CCC(C)CC3)CC2)CC1. The molecule has 1 unspecified atom stereocenters. The third kappa shape index (κ3) is 6.89. The monoisotopic (exact) mass is 388 g/mol. The number of rotatable bonds is 7. The van der Waals surface area contributed by atoms with Crippen LogP contribution in [0, 0.1) is 41.4 Å². The Bertz CT molecular complexity index is 443. The van der Waals surface area contributed by atoms with Gasteiger partial charge in [0.1, 0.15) is 0 Å². The van der Waals surface area contributed by atoms with Gasteiger partial charge in [0.25, 0.3) is 0 Å². The summed E-state index contributed by atoms with van der Waals surface area (Å²) in [4.78, 5) is 0. The molecule has 162 valence electrons. The summed E-state index contributed by atoms with van der Waals surface area (Å²) in [6.07, 6.45) is 22.8. The third-order valence-corrected chi connectivity index (χ3v) is 8.46. The van der Waals surface area contributed by atoms with Crippen molar-refractivity contribution in [2.75, 3.05) is 6.61 Å². The molecule has 3 saturated carbocycles. The predicted octanol–water partition coefficient (Wildman–Crippen LogP) is 8.04. The molecule has 0 N–H and O–H groups in total. The lowest BCUT2D eigenvalue weighted by Crippen LogP contribution is -2.30. The van der Waals surface area contributed by atoms with Crippen LogP contribution in [0.1, 0.15) is 105 Å². The lowest BCUT2D eigenvalue weighted by molar-refractivity contribution is 0.0399. The molecule has 1 atom stereocenters. The molecule has 1 heteroatoms. The largest absolute Gasteiger partial charge is 0.374 e. The highest BCUT2D eigenvalue weighted by Gasteiger charge is 2.34. The zero-order valence-corrected chi connectivity index (χ0v) is 19.4. The van der Waals surface area contributed by atoms with Crippen LogP contribution in [0.5, 0.6) is 0 Å². The minimum atomic E-state index is 0.276. The number of allylic oxidation sites excluding steroid dienone is 1. The summed E-state index contributed by atoms with van der Waals surface area (Å²) in [6.45, 7) is 10.1. The summed E-state index contributed by atoms with van der Waals surface area (Å²) in [6, 6.07) is 0. The quantitative estimate of drug-likeness (QED) is 0.401. The molecular formula is C27H48O. The fourth-order valence-corrected chi connectivity index (χ4v) is 6.39. The molecular weight excluding hydrogens is 340 g/mol. The Kier molecular flexibility index (Phi) is 8.95. The molecule has 28 heavy (non-hydrogen) atoms. The van der Waals surface area contributed by atoms with Crippen molar-refractivity contribution >= 4 is 0 Å². The first-order valence-electron chi connectivity index (χ1n) is 12.8. The molecule has 3 fully saturated rings. The van der Waals surface area contributed by atoms with Crippen LogP contribution in [0.15, 0.2) is 12.2 Å². The maximum absolute atomic E-state index is 6.11. The standard InChI is InChI=1S/C27H48O/c1-20(2)5-8-22(4)28-19-23-9-13-25(14-10-23)27-17-15-26(16-18-27)24-11-6-21(3)7-12-24/h5,8,20-27H,6-7,9-19H2,1-4H3/b8-5-. The Morgan fingerprint density at radius 2 is 1.07 bits per heavy atom. The molecule has 0 aromatic heterocycles. The van der Waals surface area contributed by atoms with Crippen LogP contribution in [0.25, 0.3) is 0 Å². The predicted molar refractivity (Wildman–Crippen MR) is 121 cm³/mol. The normalized spacial score (nSPS) is 38.8. The van der Waals surface area contributed by atoms with Gasteiger partial charge in [0.05, 0.1) is 12.7 Å². The summed E-state index contributed by atoms with van der Waals surface area (Å²) in [5.41, 5.74) is 0. The topological polar surface area (TPSA) is 9.23 Å². The Hall–Kier alpha value is -0.300. The smallest absolute Gasteiger partial charge is 0.0727 e. The minimum absolute atomic E-state index is 0.276. The highest BCUT2D eigenvalue weighted by atomic mass is 16.5. The Labute approximate surface area is 176 Å². The molecule has 0 radical (unpaired) electrons. The van der Waals surface area contributed by atoms with Crippen molar-refractivity contribution < 1.29 is 4.74 Å². The van der Waals surface area contributed by atoms with Gasteiger partial charge < -0.3 is 4.74 Å². The van der Waals surface area contributed by atoms with E-state index in [9.17, 15) is 0 Å². The van der Waals surface area contributed by atoms with Gasteiger partial charge in [-0.15, -0.1) is 0 Å². The van der Waals surface area contributed by atoms with Crippen LogP contribution >= 0.6 is 0 Å². The fraction of sp³-hybridized carbons (Fsp3) is 0.926. The Morgan fingerprint density at radius 1 is 0.643 bits per heavy atom. The summed E-state index contributed by atoms with van der Waals surface area (Å²) in [5.74, 6) is 6.67. The van der Waals surface area contributed by atoms with E-state index in [-0.39, 0.29) is 6.10 Å². The second-order valence-corrected chi connectivity index (χ2v) is 11.1. The zero-order chi connectivity index (χ0) is 19.9. The number of hydrogen-bond donors (Lipinski definition) is 0. The van der Waals surface area contributed by atoms with Crippen molar-refractivity contribution in [3.05, 3.63) is 12.2 Å². The van der Waals surface area contributed by atoms with Gasteiger partial charge in [-0.05, 0) is 113 Å². The zero-order valence-electron chi connectivity index (χ0n) is 19.4. The molecule has 0 aliphatic heterocycles. The van der Waals surface area contributed by atoms with Crippen molar-refractivity contribution in [1.82, 2.24) is 0 Å². The van der Waals surface area contributed by atoms with E-state index >= 15 is 0 Å². The second kappa shape index (κ2) is 11.2. The van der Waals surface area contributed by atoms with E-state index in [2.05, 4.69) is 39.8 Å². The van der Waals surface area contributed by atoms with Crippen LogP contribution in [0.2, 0.25) is 0 Å². The highest BCUT2D eigenvalue weighted by Crippen LogP contribution is 2.45. The van der Waals surface area contributed by atoms with E-state index in [1.165, 1.54) is 51.4 Å². The van der Waals surface area contributed by atoms with Gasteiger partial charge in [-0.1, -0.05) is 45.8 Å². The Morgan fingerprint density at radius 3 is 1.54 bits per heavy atom. The average molecular weight is 389 g/mol. The maximum atomic E-state index is 6.11. The highest BCUT2D eigenvalue weighted by molar-refractivity contribution is 4.90. The molecule has 0 spiro atoms. The van der Waals surface area contributed by atoms with Crippen molar-refractivity contribution in [1.29, 1.82) is 0 Å². The van der Waals surface area contributed by atoms with Crippen molar-refractivity contribution in [2.45, 2.75) is 111 Å². The second-order valence-electron chi connectivity index (χ2n) is 11.1. The third-order valence-electron chi connectivity index (χ3n) is 8.46. The van der Waals surface area contributed by atoms with Crippen molar-refractivity contribution in [3.8, 4) is 0 Å². The fourth-order valence-electron chi connectivity index (χ4n) is 6.39. The first-order chi connectivity index (χ1) is 13.5. The van der Waals surface area contributed by atoms with Gasteiger partial charge in [0.15, 0.2) is 0 Å². The molecule has 0 aromatic rings. The van der Waals surface area contributed by atoms with Crippen molar-refractivity contribution in [3.63, 3.8) is 0 Å². The van der Waals surface area contributed by atoms with Gasteiger partial charge in [-0.25, -0.2) is 0 Å². The van der Waals surface area contributed by atoms with Gasteiger partial charge in [0, 0.05) is 0 Å². The van der Waals surface area contributed by atoms with E-state index in [4.69, 9.17) is 4.74 Å². The summed E-state index contributed by atoms with van der Waals surface area (Å²) < 4.78 is 6.11. The van der Waals surface area contributed by atoms with E-state index in [1.54, 1.807) is 25.7 Å². The Balaban J connectivity index is 1.31. The summed E-state index contributed by atoms with van der Waals surface area (Å²) >= 11 is 0. The first kappa shape index (κ1) is 22.4. The molecule has 1 nitrogen and oxygen atoms in total. The molecule has 3 aliphatic rings. The summed E-state index contributed by atoms with van der Waals surface area (Å²) in [7, 11) is 0. The van der Waals surface area contributed by atoms with Crippen LogP contribution < -0.4 is 0 Å². The van der Waals surface area contributed by atoms with E-state index < -0.39 is 0 Å². The maximum Gasteiger partial charge on any atom is 0.0727 e. The van der Waals surface area contributed by atoms with Crippen LogP contribution in [-0.2, 0) is 4.74 Å². The van der Waals surface area contributed by atoms with Crippen molar-refractivity contribution in [2.24, 2.45) is 41.4 Å². The molecule has 0 aromatic carbocycles. The average Bonchev–Trinajstić information content (AvgIpc) is 2.72. The van der Waals surface area contributed by atoms with Crippen LogP contribution in [0.4, 0.5) is 0 Å². The lowest BCUT2D eigenvalue weighted by Gasteiger charge is -2.41. The van der Waals surface area contributed by atoms with Crippen LogP contribution in [-0.4, -0.2) is 12.7 Å². The molecule has 3 rings (SSSR count). The van der Waals surface area contributed by atoms with E-state index in [0.717, 1.165) is 42.1 Å². The van der Waals surface area contributed by atoms with Crippen LogP contribution in [0.3, 0.4) is 0 Å². The van der Waals surface area contributed by atoms with Gasteiger partial charge in [-0.2, -0.15) is 0 Å². The molecule has 0 amide bonds. The van der Waals surface area contributed by atoms with E-state index in [0.29, 0.717) is 5.92 Å². The number of hydrogen-bond acceptors (Lipinski definition) is 1. The molecule has 3 aliphatic carbocycles. The minimum Gasteiger partial charge on any atom is -0.374 e. The number of ether oxygens (including phenoxy) is 1. The first-order valence-corrected chi connectivity index (χ1v) is 12.8. The molecule has 0 heterocycles. The molecule has 0 bridgehead atoms. The van der Waals surface area contributed by atoms with Gasteiger partial charge in [0.2, 0.25) is 0 Å².